The summed E-state index contributed by atoms with van der Waals surface area (Å²) in [7, 11) is 0. The van der Waals surface area contributed by atoms with Crippen LogP contribution in [0.15, 0.2) is 58.4 Å². The van der Waals surface area contributed by atoms with E-state index in [1.807, 2.05) is 0 Å². The quantitative estimate of drug-likeness (QED) is 0.490. The number of hydrogen-bond acceptors (Lipinski definition) is 5. The SMILES string of the molecule is Cc1ccc([C@@H]2c3sc(=O)[nH]c3S[C@@H]3[C@H]4C[C@@H]([C@@H]5C(=O)N(c6ccc(Cl)cc6)C(=O)[C@H]45)[C@H]23)cc1. The lowest BCUT2D eigenvalue weighted by Crippen LogP contribution is -2.42. The summed E-state index contributed by atoms with van der Waals surface area (Å²) in [4.78, 5) is 45.1. The van der Waals surface area contributed by atoms with E-state index in [1.54, 1.807) is 36.0 Å². The van der Waals surface area contributed by atoms with E-state index in [0.717, 1.165) is 16.3 Å². The van der Waals surface area contributed by atoms with E-state index in [-0.39, 0.29) is 57.4 Å². The first-order chi connectivity index (χ1) is 16.4. The van der Waals surface area contributed by atoms with Gasteiger partial charge in [0.25, 0.3) is 0 Å². The molecule has 2 bridgehead atoms. The van der Waals surface area contributed by atoms with E-state index >= 15 is 0 Å². The number of aromatic amines is 1. The zero-order chi connectivity index (χ0) is 23.3. The average Bonchev–Trinajstić information content (AvgIpc) is 3.54. The van der Waals surface area contributed by atoms with Gasteiger partial charge in [-0.05, 0) is 60.9 Å². The van der Waals surface area contributed by atoms with Crippen LogP contribution < -0.4 is 9.77 Å². The van der Waals surface area contributed by atoms with Gasteiger partial charge in [0.05, 0.1) is 22.5 Å². The maximum atomic E-state index is 13.7. The zero-order valence-electron chi connectivity index (χ0n) is 18.2. The molecular formula is C26H21ClN2O3S2. The molecule has 4 aliphatic rings. The minimum absolute atomic E-state index is 0.0387. The molecule has 1 N–H and O–H groups in total. The topological polar surface area (TPSA) is 70.2 Å². The smallest absolute Gasteiger partial charge is 0.305 e. The van der Waals surface area contributed by atoms with Crippen LogP contribution in [0.2, 0.25) is 5.02 Å². The van der Waals surface area contributed by atoms with Crippen molar-refractivity contribution in [1.29, 1.82) is 0 Å². The van der Waals surface area contributed by atoms with Crippen LogP contribution in [0.1, 0.15) is 28.3 Å². The number of halogens is 1. The van der Waals surface area contributed by atoms with Crippen LogP contribution in [0.25, 0.3) is 0 Å². The molecule has 8 heteroatoms. The van der Waals surface area contributed by atoms with Crippen molar-refractivity contribution in [2.75, 3.05) is 4.90 Å². The number of amides is 2. The van der Waals surface area contributed by atoms with Gasteiger partial charge in [-0.2, -0.15) is 0 Å². The van der Waals surface area contributed by atoms with Crippen molar-refractivity contribution in [3.8, 4) is 0 Å². The third-order valence-corrected chi connectivity index (χ3v) is 11.1. The van der Waals surface area contributed by atoms with Crippen LogP contribution in [-0.4, -0.2) is 22.0 Å². The fraction of sp³-hybridized carbons (Fsp3) is 0.346. The Morgan fingerprint density at radius 2 is 1.62 bits per heavy atom. The van der Waals surface area contributed by atoms with Gasteiger partial charge in [0.15, 0.2) is 0 Å². The molecule has 34 heavy (non-hydrogen) atoms. The second kappa shape index (κ2) is 7.33. The Balaban J connectivity index is 1.32. The first-order valence-corrected chi connectivity index (χ1v) is 13.6. The van der Waals surface area contributed by atoms with E-state index < -0.39 is 0 Å². The molecule has 2 saturated carbocycles. The molecule has 2 aliphatic carbocycles. The fourth-order valence-corrected chi connectivity index (χ4v) is 10.0. The Labute approximate surface area is 209 Å². The molecule has 3 heterocycles. The summed E-state index contributed by atoms with van der Waals surface area (Å²) in [6.07, 6.45) is 0.894. The van der Waals surface area contributed by atoms with Gasteiger partial charge in [-0.25, -0.2) is 0 Å². The van der Waals surface area contributed by atoms with Crippen LogP contribution >= 0.6 is 34.7 Å². The van der Waals surface area contributed by atoms with Gasteiger partial charge in [0, 0.05) is 21.1 Å². The molecule has 5 nitrogen and oxygen atoms in total. The molecule has 7 rings (SSSR count). The Hall–Kier alpha value is -2.35. The average molecular weight is 509 g/mol. The van der Waals surface area contributed by atoms with Crippen molar-refractivity contribution in [2.45, 2.75) is 29.5 Å². The van der Waals surface area contributed by atoms with E-state index in [0.29, 0.717) is 10.7 Å². The van der Waals surface area contributed by atoms with Gasteiger partial charge in [-0.1, -0.05) is 52.8 Å². The van der Waals surface area contributed by atoms with Crippen LogP contribution in [0.4, 0.5) is 5.69 Å². The zero-order valence-corrected chi connectivity index (χ0v) is 20.6. The van der Waals surface area contributed by atoms with Crippen molar-refractivity contribution < 1.29 is 9.59 Å². The maximum Gasteiger partial charge on any atom is 0.305 e. The monoisotopic (exact) mass is 508 g/mol. The summed E-state index contributed by atoms with van der Waals surface area (Å²) >= 11 is 9.05. The summed E-state index contributed by atoms with van der Waals surface area (Å²) in [5, 5.41) is 1.72. The minimum Gasteiger partial charge on any atom is -0.307 e. The first kappa shape index (κ1) is 21.0. The second-order valence-electron chi connectivity index (χ2n) is 9.86. The molecule has 3 fully saturated rings. The van der Waals surface area contributed by atoms with Gasteiger partial charge in [-0.15, -0.1) is 11.8 Å². The lowest BCUT2D eigenvalue weighted by atomic mass is 9.68. The number of anilines is 1. The van der Waals surface area contributed by atoms with Crippen molar-refractivity contribution in [2.24, 2.45) is 29.6 Å². The van der Waals surface area contributed by atoms with E-state index in [4.69, 9.17) is 11.6 Å². The summed E-state index contributed by atoms with van der Waals surface area (Å²) in [5.41, 5.74) is 2.98. The third-order valence-electron chi connectivity index (χ3n) is 8.25. The highest BCUT2D eigenvalue weighted by atomic mass is 35.5. The molecule has 3 aromatic rings. The number of aryl methyl sites for hydroxylation is 1. The van der Waals surface area contributed by atoms with Crippen molar-refractivity contribution in [3.63, 3.8) is 0 Å². The molecule has 1 aromatic heterocycles. The Morgan fingerprint density at radius 3 is 2.32 bits per heavy atom. The van der Waals surface area contributed by atoms with Crippen LogP contribution in [0.3, 0.4) is 0 Å². The number of hydrogen-bond donors (Lipinski definition) is 1. The lowest BCUT2D eigenvalue weighted by molar-refractivity contribution is -0.123. The summed E-state index contributed by atoms with van der Waals surface area (Å²) < 4.78 is 0. The summed E-state index contributed by atoms with van der Waals surface area (Å²) in [6.45, 7) is 2.07. The largest absolute Gasteiger partial charge is 0.307 e. The van der Waals surface area contributed by atoms with Gasteiger partial charge in [-0.3, -0.25) is 19.3 Å². The molecule has 7 atom stereocenters. The predicted octanol–water partition coefficient (Wildman–Crippen LogP) is 5.08. The number of imide groups is 1. The number of rotatable bonds is 2. The number of benzene rings is 2. The Bertz CT molecular complexity index is 1400. The van der Waals surface area contributed by atoms with Crippen LogP contribution in [-0.2, 0) is 9.59 Å². The summed E-state index contributed by atoms with van der Waals surface area (Å²) in [5.74, 6) is -0.202. The van der Waals surface area contributed by atoms with Crippen molar-refractivity contribution in [1.82, 2.24) is 4.98 Å². The molecule has 2 amide bonds. The Morgan fingerprint density at radius 1 is 0.941 bits per heavy atom. The lowest BCUT2D eigenvalue weighted by Gasteiger charge is -2.43. The molecule has 172 valence electrons. The minimum atomic E-state index is -0.291. The number of thioether (sulfide) groups is 1. The van der Waals surface area contributed by atoms with Crippen molar-refractivity contribution in [3.05, 3.63) is 79.2 Å². The van der Waals surface area contributed by atoms with Gasteiger partial charge >= 0.3 is 4.87 Å². The molecule has 0 radical (unpaired) electrons. The van der Waals surface area contributed by atoms with Gasteiger partial charge in [0.2, 0.25) is 11.8 Å². The normalized spacial score (nSPS) is 33.2. The number of nitrogens with one attached hydrogen (secondary N) is 1. The molecule has 0 spiro atoms. The second-order valence-corrected chi connectivity index (χ2v) is 12.5. The molecule has 2 aliphatic heterocycles. The number of H-pyrrole nitrogens is 1. The standard InChI is InChI=1S/C26H21ClN2O3S2/c1-11-2-4-12(5-3-11)17-18-15-10-16(21(18)33-23-22(17)34-26(32)28-23)20-19(15)24(30)29(25(20)31)14-8-6-13(27)7-9-14/h2-9,15-21H,10H2,1H3,(H,28,32)/t15-,16+,17+,18-,19+,20-,21-/m1/s1. The molecule has 0 unspecified atom stereocenters. The number of carbonyl (C=O) groups excluding carboxylic acids is 2. The highest BCUT2D eigenvalue weighted by Crippen LogP contribution is 2.68. The number of carbonyl (C=O) groups is 2. The van der Waals surface area contributed by atoms with E-state index in [9.17, 15) is 14.4 Å². The number of nitrogens with zero attached hydrogens (tertiary/aromatic N) is 1. The van der Waals surface area contributed by atoms with Crippen molar-refractivity contribution >= 4 is 52.2 Å². The third kappa shape index (κ3) is 2.77. The highest BCUT2D eigenvalue weighted by Gasteiger charge is 2.69. The van der Waals surface area contributed by atoms with E-state index in [1.165, 1.54) is 27.4 Å². The van der Waals surface area contributed by atoms with Gasteiger partial charge < -0.3 is 4.98 Å². The Kier molecular flexibility index (Phi) is 4.52. The number of aromatic nitrogens is 1. The first-order valence-electron chi connectivity index (χ1n) is 11.5. The van der Waals surface area contributed by atoms with Crippen LogP contribution in [0, 0.1) is 36.5 Å². The predicted molar refractivity (Wildman–Crippen MR) is 134 cm³/mol. The molecule has 1 saturated heterocycles. The molecule has 2 aromatic carbocycles. The van der Waals surface area contributed by atoms with E-state index in [2.05, 4.69) is 36.2 Å². The maximum absolute atomic E-state index is 13.7. The number of fused-ring (bicyclic) bond motifs is 9. The molecular weight excluding hydrogens is 488 g/mol. The number of thiazole rings is 1. The highest BCUT2D eigenvalue weighted by molar-refractivity contribution is 8.00. The summed E-state index contributed by atoms with van der Waals surface area (Å²) in [6, 6.07) is 15.5. The van der Waals surface area contributed by atoms with Crippen LogP contribution in [0.5, 0.6) is 0 Å². The fourth-order valence-electron chi connectivity index (χ4n) is 7.01. The van der Waals surface area contributed by atoms with Gasteiger partial charge in [0.1, 0.15) is 0 Å².